The summed E-state index contributed by atoms with van der Waals surface area (Å²) in [6.45, 7) is 0. The highest BCUT2D eigenvalue weighted by atomic mass is 19.4. The quantitative estimate of drug-likeness (QED) is 0.782. The molecule has 1 aromatic carbocycles. The van der Waals surface area contributed by atoms with Crippen LogP contribution in [0.15, 0.2) is 24.3 Å². The molecule has 2 aromatic rings. The smallest absolute Gasteiger partial charge is 0.419 e. The van der Waals surface area contributed by atoms with Gasteiger partial charge in [0.2, 0.25) is 0 Å². The summed E-state index contributed by atoms with van der Waals surface area (Å²) in [7, 11) is 1.04. The first-order valence-corrected chi connectivity index (χ1v) is 4.71. The molecule has 0 spiro atoms. The zero-order chi connectivity index (χ0) is 12.6. The number of para-hydroxylation sites is 1. The lowest BCUT2D eigenvalue weighted by molar-refractivity contribution is -0.136. The van der Waals surface area contributed by atoms with Crippen molar-refractivity contribution in [3.8, 4) is 0 Å². The van der Waals surface area contributed by atoms with Crippen LogP contribution in [-0.2, 0) is 10.9 Å². The van der Waals surface area contributed by atoms with Crippen LogP contribution in [-0.4, -0.2) is 18.1 Å². The van der Waals surface area contributed by atoms with Gasteiger partial charge < -0.3 is 9.72 Å². The van der Waals surface area contributed by atoms with Gasteiger partial charge in [-0.05, 0) is 6.07 Å². The van der Waals surface area contributed by atoms with Gasteiger partial charge in [0.1, 0.15) is 5.69 Å². The average molecular weight is 243 g/mol. The first kappa shape index (κ1) is 11.5. The number of methoxy groups -OCH3 is 1. The second-order valence-electron chi connectivity index (χ2n) is 3.41. The van der Waals surface area contributed by atoms with E-state index in [1.54, 1.807) is 6.07 Å². The van der Waals surface area contributed by atoms with E-state index in [9.17, 15) is 18.0 Å². The lowest BCUT2D eigenvalue weighted by Crippen LogP contribution is -2.13. The number of halogens is 3. The molecule has 6 heteroatoms. The molecule has 1 N–H and O–H groups in total. The Labute approximate surface area is 94.2 Å². The van der Waals surface area contributed by atoms with Gasteiger partial charge in [-0.1, -0.05) is 18.2 Å². The molecule has 0 unspecified atom stereocenters. The van der Waals surface area contributed by atoms with E-state index >= 15 is 0 Å². The lowest BCUT2D eigenvalue weighted by Gasteiger charge is -2.07. The number of esters is 1. The standard InChI is InChI=1S/C11H8F3NO2/c1-17-10(16)9-8(11(12,13)14)6-4-2-3-5-7(6)15-9/h2-5,15H,1H3. The molecule has 0 bridgehead atoms. The fraction of sp³-hybridized carbons (Fsp3) is 0.182. The molecule has 17 heavy (non-hydrogen) atoms. The number of carbonyl (C=O) groups is 1. The van der Waals surface area contributed by atoms with Gasteiger partial charge in [-0.3, -0.25) is 0 Å². The highest BCUT2D eigenvalue weighted by Crippen LogP contribution is 2.37. The van der Waals surface area contributed by atoms with Crippen LogP contribution in [0.3, 0.4) is 0 Å². The van der Waals surface area contributed by atoms with Crippen molar-refractivity contribution in [1.82, 2.24) is 4.98 Å². The van der Waals surface area contributed by atoms with Gasteiger partial charge in [0.05, 0.1) is 12.7 Å². The topological polar surface area (TPSA) is 42.1 Å². The molecule has 0 atom stereocenters. The van der Waals surface area contributed by atoms with Gasteiger partial charge >= 0.3 is 12.1 Å². The number of nitrogens with one attached hydrogen (secondary N) is 1. The van der Waals surface area contributed by atoms with E-state index in [0.717, 1.165) is 7.11 Å². The summed E-state index contributed by atoms with van der Waals surface area (Å²) >= 11 is 0. The van der Waals surface area contributed by atoms with Crippen molar-refractivity contribution in [1.29, 1.82) is 0 Å². The van der Waals surface area contributed by atoms with Crippen molar-refractivity contribution in [3.05, 3.63) is 35.5 Å². The molecule has 1 heterocycles. The van der Waals surface area contributed by atoms with Gasteiger partial charge in [0.25, 0.3) is 0 Å². The molecule has 0 aliphatic rings. The predicted octanol–water partition coefficient (Wildman–Crippen LogP) is 2.97. The van der Waals surface area contributed by atoms with Gasteiger partial charge in [-0.25, -0.2) is 4.79 Å². The van der Waals surface area contributed by atoms with E-state index in [4.69, 9.17) is 0 Å². The van der Waals surface area contributed by atoms with Crippen molar-refractivity contribution < 1.29 is 22.7 Å². The molecular formula is C11H8F3NO2. The first-order chi connectivity index (χ1) is 7.95. The molecule has 0 aliphatic carbocycles. The molecular weight excluding hydrogens is 235 g/mol. The first-order valence-electron chi connectivity index (χ1n) is 4.71. The molecule has 0 saturated heterocycles. The van der Waals surface area contributed by atoms with Gasteiger partial charge in [0.15, 0.2) is 0 Å². The third-order valence-electron chi connectivity index (χ3n) is 2.38. The maximum Gasteiger partial charge on any atom is 0.419 e. The summed E-state index contributed by atoms with van der Waals surface area (Å²) < 4.78 is 43.0. The molecule has 2 rings (SSSR count). The normalized spacial score (nSPS) is 11.8. The summed E-state index contributed by atoms with van der Waals surface area (Å²) in [6, 6.07) is 5.84. The minimum atomic E-state index is -4.61. The summed E-state index contributed by atoms with van der Waals surface area (Å²) in [5.74, 6) is -1.03. The number of fused-ring (bicyclic) bond motifs is 1. The Bertz CT molecular complexity index is 572. The predicted molar refractivity (Wildman–Crippen MR) is 54.6 cm³/mol. The van der Waals surface area contributed by atoms with Crippen LogP contribution in [0.2, 0.25) is 0 Å². The molecule has 0 fully saturated rings. The Morgan fingerprint density at radius 2 is 1.94 bits per heavy atom. The maximum absolute atomic E-state index is 12.9. The zero-order valence-corrected chi connectivity index (χ0v) is 8.76. The number of hydrogen-bond acceptors (Lipinski definition) is 2. The minimum Gasteiger partial charge on any atom is -0.464 e. The Morgan fingerprint density at radius 3 is 2.53 bits per heavy atom. The number of ether oxygens (including phenoxy) is 1. The molecule has 1 aromatic heterocycles. The molecule has 0 radical (unpaired) electrons. The van der Waals surface area contributed by atoms with Gasteiger partial charge in [-0.15, -0.1) is 0 Å². The monoisotopic (exact) mass is 243 g/mol. The zero-order valence-electron chi connectivity index (χ0n) is 8.76. The van der Waals surface area contributed by atoms with Crippen molar-refractivity contribution in [2.45, 2.75) is 6.18 Å². The number of rotatable bonds is 1. The van der Waals surface area contributed by atoms with E-state index in [1.807, 2.05) is 0 Å². The highest BCUT2D eigenvalue weighted by Gasteiger charge is 2.39. The molecule has 0 amide bonds. The number of H-pyrrole nitrogens is 1. The second-order valence-corrected chi connectivity index (χ2v) is 3.41. The lowest BCUT2D eigenvalue weighted by atomic mass is 10.1. The number of aromatic amines is 1. The summed E-state index contributed by atoms with van der Waals surface area (Å²) in [4.78, 5) is 13.7. The number of carbonyl (C=O) groups excluding carboxylic acids is 1. The summed E-state index contributed by atoms with van der Waals surface area (Å²) in [6.07, 6.45) is -4.61. The SMILES string of the molecule is COC(=O)c1[nH]c2ccccc2c1C(F)(F)F. The van der Waals surface area contributed by atoms with Crippen LogP contribution in [0.25, 0.3) is 10.9 Å². The fourth-order valence-electron chi connectivity index (χ4n) is 1.69. The Kier molecular flexibility index (Phi) is 2.57. The van der Waals surface area contributed by atoms with E-state index in [-0.39, 0.29) is 10.9 Å². The van der Waals surface area contributed by atoms with Gasteiger partial charge in [-0.2, -0.15) is 13.2 Å². The van der Waals surface area contributed by atoms with Crippen molar-refractivity contribution >= 4 is 16.9 Å². The van der Waals surface area contributed by atoms with E-state index in [1.165, 1.54) is 18.2 Å². The molecule has 3 nitrogen and oxygen atoms in total. The van der Waals surface area contributed by atoms with Crippen LogP contribution in [0, 0.1) is 0 Å². The Balaban J connectivity index is 2.79. The fourth-order valence-corrected chi connectivity index (χ4v) is 1.69. The van der Waals surface area contributed by atoms with Crippen LogP contribution >= 0.6 is 0 Å². The van der Waals surface area contributed by atoms with E-state index < -0.39 is 23.4 Å². The summed E-state index contributed by atoms with van der Waals surface area (Å²) in [5.41, 5.74) is -1.30. The van der Waals surface area contributed by atoms with Crippen molar-refractivity contribution in [2.24, 2.45) is 0 Å². The number of aromatic nitrogens is 1. The van der Waals surface area contributed by atoms with E-state index in [0.29, 0.717) is 0 Å². The second kappa shape index (κ2) is 3.80. The summed E-state index contributed by atoms with van der Waals surface area (Å²) in [5, 5.41) is -0.0413. The van der Waals surface area contributed by atoms with Crippen molar-refractivity contribution in [3.63, 3.8) is 0 Å². The third-order valence-corrected chi connectivity index (χ3v) is 2.38. The third kappa shape index (κ3) is 1.86. The van der Waals surface area contributed by atoms with Crippen LogP contribution in [0.1, 0.15) is 16.1 Å². The Hall–Kier alpha value is -1.98. The average Bonchev–Trinajstić information content (AvgIpc) is 2.66. The highest BCUT2D eigenvalue weighted by molar-refractivity contribution is 5.98. The van der Waals surface area contributed by atoms with Crippen LogP contribution in [0.5, 0.6) is 0 Å². The van der Waals surface area contributed by atoms with Crippen LogP contribution < -0.4 is 0 Å². The number of hydrogen-bond donors (Lipinski definition) is 1. The molecule has 0 aliphatic heterocycles. The molecule has 0 saturated carbocycles. The van der Waals surface area contributed by atoms with Crippen molar-refractivity contribution in [2.75, 3.05) is 7.11 Å². The van der Waals surface area contributed by atoms with Crippen LogP contribution in [0.4, 0.5) is 13.2 Å². The molecule has 90 valence electrons. The largest absolute Gasteiger partial charge is 0.464 e. The maximum atomic E-state index is 12.9. The Morgan fingerprint density at radius 1 is 1.29 bits per heavy atom. The van der Waals surface area contributed by atoms with Gasteiger partial charge in [0, 0.05) is 10.9 Å². The minimum absolute atomic E-state index is 0.0413. The number of alkyl halides is 3. The van der Waals surface area contributed by atoms with E-state index in [2.05, 4.69) is 9.72 Å². The number of benzene rings is 1.